The molecule has 0 saturated heterocycles. The zero-order valence-electron chi connectivity index (χ0n) is 10.4. The molecule has 1 atom stereocenters. The first-order valence-electron chi connectivity index (χ1n) is 5.96. The molecule has 0 fully saturated rings. The number of hydrogen-bond donors (Lipinski definition) is 1. The summed E-state index contributed by atoms with van der Waals surface area (Å²) in [6.45, 7) is 6.77. The van der Waals surface area contributed by atoms with E-state index in [2.05, 4.69) is 43.4 Å². The van der Waals surface area contributed by atoms with Gasteiger partial charge in [0, 0.05) is 12.5 Å². The predicted octanol–water partition coefficient (Wildman–Crippen LogP) is 3.05. The Bertz CT molecular complexity index is 329. The fourth-order valence-electron chi connectivity index (χ4n) is 1.63. The number of carbonyl (C=O) groups excluding carboxylic acids is 1. The number of carbonyl (C=O) groups is 1. The standard InChI is InChI=1S/C14H21NO/c1-4-5-12(3)14(16)15-10-13-8-6-11(2)7-9-13/h6-9,12H,4-5,10H2,1-3H3,(H,15,16)/t12-/m1/s1. The lowest BCUT2D eigenvalue weighted by Gasteiger charge is -2.11. The van der Waals surface area contributed by atoms with E-state index in [9.17, 15) is 4.79 Å². The smallest absolute Gasteiger partial charge is 0.223 e. The third-order valence-corrected chi connectivity index (χ3v) is 2.76. The van der Waals surface area contributed by atoms with Crippen LogP contribution in [0.25, 0.3) is 0 Å². The van der Waals surface area contributed by atoms with E-state index in [-0.39, 0.29) is 11.8 Å². The Kier molecular flexibility index (Phi) is 5.03. The molecule has 1 rings (SSSR count). The summed E-state index contributed by atoms with van der Waals surface area (Å²) in [5, 5.41) is 2.96. The molecule has 1 amide bonds. The van der Waals surface area contributed by atoms with Crippen molar-refractivity contribution in [3.05, 3.63) is 35.4 Å². The molecule has 1 aromatic carbocycles. The summed E-state index contributed by atoms with van der Waals surface area (Å²) in [5.41, 5.74) is 2.40. The van der Waals surface area contributed by atoms with E-state index in [0.717, 1.165) is 18.4 Å². The molecule has 0 radical (unpaired) electrons. The van der Waals surface area contributed by atoms with Gasteiger partial charge in [-0.3, -0.25) is 4.79 Å². The first-order valence-corrected chi connectivity index (χ1v) is 5.96. The van der Waals surface area contributed by atoms with Crippen LogP contribution in [0.4, 0.5) is 0 Å². The Balaban J connectivity index is 2.39. The van der Waals surface area contributed by atoms with Crippen molar-refractivity contribution >= 4 is 5.91 Å². The van der Waals surface area contributed by atoms with Gasteiger partial charge < -0.3 is 5.32 Å². The highest BCUT2D eigenvalue weighted by molar-refractivity contribution is 5.78. The van der Waals surface area contributed by atoms with Gasteiger partial charge in [0.05, 0.1) is 0 Å². The maximum Gasteiger partial charge on any atom is 0.223 e. The maximum atomic E-state index is 11.7. The summed E-state index contributed by atoms with van der Waals surface area (Å²) < 4.78 is 0. The molecule has 0 aliphatic heterocycles. The first kappa shape index (κ1) is 12.8. The van der Waals surface area contributed by atoms with Crippen molar-refractivity contribution in [2.24, 2.45) is 5.92 Å². The van der Waals surface area contributed by atoms with Crippen LogP contribution in [0.3, 0.4) is 0 Å². The predicted molar refractivity (Wildman–Crippen MR) is 67.1 cm³/mol. The van der Waals surface area contributed by atoms with E-state index in [1.807, 2.05) is 6.92 Å². The molecule has 1 N–H and O–H groups in total. The Morgan fingerprint density at radius 1 is 1.31 bits per heavy atom. The number of amides is 1. The average Bonchev–Trinajstić information content (AvgIpc) is 2.28. The fourth-order valence-corrected chi connectivity index (χ4v) is 1.63. The molecular weight excluding hydrogens is 198 g/mol. The molecule has 0 heterocycles. The minimum absolute atomic E-state index is 0.121. The van der Waals surface area contributed by atoms with Crippen molar-refractivity contribution in [1.82, 2.24) is 5.32 Å². The van der Waals surface area contributed by atoms with E-state index in [0.29, 0.717) is 6.54 Å². The monoisotopic (exact) mass is 219 g/mol. The van der Waals surface area contributed by atoms with Crippen molar-refractivity contribution in [2.75, 3.05) is 0 Å². The number of nitrogens with one attached hydrogen (secondary N) is 1. The normalized spacial score (nSPS) is 12.2. The van der Waals surface area contributed by atoms with Crippen LogP contribution < -0.4 is 5.32 Å². The van der Waals surface area contributed by atoms with Crippen molar-refractivity contribution in [3.8, 4) is 0 Å². The molecule has 2 nitrogen and oxygen atoms in total. The molecule has 0 aromatic heterocycles. The Morgan fingerprint density at radius 2 is 1.94 bits per heavy atom. The van der Waals surface area contributed by atoms with Crippen molar-refractivity contribution in [2.45, 2.75) is 40.2 Å². The Morgan fingerprint density at radius 3 is 2.50 bits per heavy atom. The summed E-state index contributed by atoms with van der Waals surface area (Å²) >= 11 is 0. The third kappa shape index (κ3) is 4.05. The maximum absolute atomic E-state index is 11.7. The average molecular weight is 219 g/mol. The molecule has 88 valence electrons. The largest absolute Gasteiger partial charge is 0.352 e. The van der Waals surface area contributed by atoms with Gasteiger partial charge in [-0.1, -0.05) is 50.1 Å². The zero-order valence-corrected chi connectivity index (χ0v) is 10.4. The van der Waals surface area contributed by atoms with Crippen LogP contribution in [-0.4, -0.2) is 5.91 Å². The van der Waals surface area contributed by atoms with E-state index in [1.165, 1.54) is 5.56 Å². The number of aryl methyl sites for hydroxylation is 1. The van der Waals surface area contributed by atoms with Gasteiger partial charge in [0.1, 0.15) is 0 Å². The third-order valence-electron chi connectivity index (χ3n) is 2.76. The zero-order chi connectivity index (χ0) is 12.0. The number of rotatable bonds is 5. The number of hydrogen-bond acceptors (Lipinski definition) is 1. The molecule has 2 heteroatoms. The second kappa shape index (κ2) is 6.31. The van der Waals surface area contributed by atoms with E-state index < -0.39 is 0 Å². The summed E-state index contributed by atoms with van der Waals surface area (Å²) in [6, 6.07) is 8.24. The lowest BCUT2D eigenvalue weighted by atomic mass is 10.1. The Hall–Kier alpha value is -1.31. The molecule has 0 aliphatic carbocycles. The van der Waals surface area contributed by atoms with Crippen LogP contribution in [0.2, 0.25) is 0 Å². The topological polar surface area (TPSA) is 29.1 Å². The van der Waals surface area contributed by atoms with Gasteiger partial charge >= 0.3 is 0 Å². The van der Waals surface area contributed by atoms with Gasteiger partial charge in [-0.15, -0.1) is 0 Å². The molecule has 0 aliphatic rings. The highest BCUT2D eigenvalue weighted by Crippen LogP contribution is 2.06. The SMILES string of the molecule is CCC[C@@H](C)C(=O)NCc1ccc(C)cc1. The van der Waals surface area contributed by atoms with Crippen LogP contribution in [0, 0.1) is 12.8 Å². The molecule has 0 spiro atoms. The second-order valence-corrected chi connectivity index (χ2v) is 4.39. The van der Waals surface area contributed by atoms with Gasteiger partial charge in [0.2, 0.25) is 5.91 Å². The molecule has 0 bridgehead atoms. The van der Waals surface area contributed by atoms with Crippen LogP contribution in [0.15, 0.2) is 24.3 Å². The number of benzene rings is 1. The summed E-state index contributed by atoms with van der Waals surface area (Å²) in [7, 11) is 0. The van der Waals surface area contributed by atoms with Gasteiger partial charge in [-0.05, 0) is 18.9 Å². The van der Waals surface area contributed by atoms with Gasteiger partial charge in [-0.2, -0.15) is 0 Å². The minimum atomic E-state index is 0.121. The molecule has 0 saturated carbocycles. The van der Waals surface area contributed by atoms with Crippen LogP contribution in [0.5, 0.6) is 0 Å². The van der Waals surface area contributed by atoms with Crippen LogP contribution in [-0.2, 0) is 11.3 Å². The highest BCUT2D eigenvalue weighted by Gasteiger charge is 2.10. The lowest BCUT2D eigenvalue weighted by molar-refractivity contribution is -0.124. The lowest BCUT2D eigenvalue weighted by Crippen LogP contribution is -2.28. The molecule has 16 heavy (non-hydrogen) atoms. The molecular formula is C14H21NO. The van der Waals surface area contributed by atoms with E-state index >= 15 is 0 Å². The van der Waals surface area contributed by atoms with Crippen molar-refractivity contribution in [3.63, 3.8) is 0 Å². The molecule has 0 unspecified atom stereocenters. The van der Waals surface area contributed by atoms with E-state index in [1.54, 1.807) is 0 Å². The van der Waals surface area contributed by atoms with Gasteiger partial charge in [0.25, 0.3) is 0 Å². The van der Waals surface area contributed by atoms with Crippen molar-refractivity contribution < 1.29 is 4.79 Å². The minimum Gasteiger partial charge on any atom is -0.352 e. The molecule has 1 aromatic rings. The van der Waals surface area contributed by atoms with Crippen molar-refractivity contribution in [1.29, 1.82) is 0 Å². The van der Waals surface area contributed by atoms with Gasteiger partial charge in [0.15, 0.2) is 0 Å². The van der Waals surface area contributed by atoms with Crippen LogP contribution >= 0.6 is 0 Å². The summed E-state index contributed by atoms with van der Waals surface area (Å²) in [5.74, 6) is 0.276. The first-order chi connectivity index (χ1) is 7.63. The Labute approximate surface area is 98.1 Å². The summed E-state index contributed by atoms with van der Waals surface area (Å²) in [4.78, 5) is 11.7. The summed E-state index contributed by atoms with van der Waals surface area (Å²) in [6.07, 6.45) is 2.01. The fraction of sp³-hybridized carbons (Fsp3) is 0.500. The second-order valence-electron chi connectivity index (χ2n) is 4.39. The highest BCUT2D eigenvalue weighted by atomic mass is 16.1. The van der Waals surface area contributed by atoms with Gasteiger partial charge in [-0.25, -0.2) is 0 Å². The van der Waals surface area contributed by atoms with E-state index in [4.69, 9.17) is 0 Å². The van der Waals surface area contributed by atoms with Crippen LogP contribution in [0.1, 0.15) is 37.8 Å². The quantitative estimate of drug-likeness (QED) is 0.810.